The molecule has 2 amide bonds. The maximum absolute atomic E-state index is 13.4. The van der Waals surface area contributed by atoms with Gasteiger partial charge in [-0.3, -0.25) is 14.5 Å². The van der Waals surface area contributed by atoms with Crippen molar-refractivity contribution in [3.8, 4) is 5.75 Å². The minimum atomic E-state index is -0.565. The van der Waals surface area contributed by atoms with Crippen molar-refractivity contribution < 1.29 is 18.7 Å². The molecule has 1 fully saturated rings. The molecule has 2 aromatic rings. The lowest BCUT2D eigenvalue weighted by Gasteiger charge is -2.13. The monoisotopic (exact) mass is 415 g/mol. The normalized spacial score (nSPS) is 17.6. The third-order valence-corrected chi connectivity index (χ3v) is 5.36. The number of ether oxygens (including phenoxy) is 1. The topological polar surface area (TPSA) is 71.0 Å². The van der Waals surface area contributed by atoms with E-state index in [2.05, 4.69) is 10.3 Å². The molecule has 1 aliphatic heterocycles. The number of halogens is 1. The number of hydrogen-bond acceptors (Lipinski definition) is 5. The van der Waals surface area contributed by atoms with E-state index in [0.29, 0.717) is 29.7 Å². The second-order valence-corrected chi connectivity index (χ2v) is 7.44. The van der Waals surface area contributed by atoms with Gasteiger partial charge in [0.2, 0.25) is 11.8 Å². The molecule has 6 nitrogen and oxygen atoms in total. The van der Waals surface area contributed by atoms with Gasteiger partial charge in [-0.2, -0.15) is 0 Å². The molecule has 1 saturated heterocycles. The van der Waals surface area contributed by atoms with Crippen molar-refractivity contribution in [3.63, 3.8) is 0 Å². The first kappa shape index (κ1) is 20.9. The number of thioether (sulfide) groups is 1. The van der Waals surface area contributed by atoms with Crippen molar-refractivity contribution in [3.05, 3.63) is 54.3 Å². The Hall–Kier alpha value is -2.87. The molecule has 0 aromatic heterocycles. The zero-order chi connectivity index (χ0) is 20.8. The fraction of sp³-hybridized carbons (Fsp3) is 0.286. The van der Waals surface area contributed by atoms with Gasteiger partial charge in [-0.15, -0.1) is 0 Å². The van der Waals surface area contributed by atoms with Crippen LogP contribution < -0.4 is 10.1 Å². The summed E-state index contributed by atoms with van der Waals surface area (Å²) in [4.78, 5) is 31.0. The Balaban J connectivity index is 1.66. The number of amidine groups is 1. The van der Waals surface area contributed by atoms with Gasteiger partial charge < -0.3 is 10.1 Å². The molecule has 0 spiro atoms. The van der Waals surface area contributed by atoms with Crippen molar-refractivity contribution in [1.82, 2.24) is 4.90 Å². The first-order valence-electron chi connectivity index (χ1n) is 9.35. The summed E-state index contributed by atoms with van der Waals surface area (Å²) < 4.78 is 18.8. The summed E-state index contributed by atoms with van der Waals surface area (Å²) in [6.07, 6.45) is 0.0232. The summed E-state index contributed by atoms with van der Waals surface area (Å²) in [5.74, 6) is -0.100. The molecule has 0 aliphatic carbocycles. The van der Waals surface area contributed by atoms with Crippen molar-refractivity contribution in [1.29, 1.82) is 0 Å². The highest BCUT2D eigenvalue weighted by Gasteiger charge is 2.38. The number of carbonyl (C=O) groups excluding carboxylic acids is 2. The molecular weight excluding hydrogens is 393 g/mol. The maximum Gasteiger partial charge on any atom is 0.242 e. The lowest BCUT2D eigenvalue weighted by molar-refractivity contribution is -0.128. The van der Waals surface area contributed by atoms with Crippen molar-refractivity contribution in [2.45, 2.75) is 25.5 Å². The smallest absolute Gasteiger partial charge is 0.242 e. The minimum Gasteiger partial charge on any atom is -0.494 e. The Morgan fingerprint density at radius 1 is 1.24 bits per heavy atom. The molecule has 1 N–H and O–H groups in total. The molecule has 1 heterocycles. The van der Waals surface area contributed by atoms with E-state index in [9.17, 15) is 14.0 Å². The molecule has 0 saturated carbocycles. The van der Waals surface area contributed by atoms with Gasteiger partial charge in [0, 0.05) is 18.7 Å². The van der Waals surface area contributed by atoms with Gasteiger partial charge in [0.05, 0.1) is 12.3 Å². The number of amides is 2. The van der Waals surface area contributed by atoms with E-state index in [1.807, 2.05) is 13.8 Å². The van der Waals surface area contributed by atoms with Gasteiger partial charge in [-0.25, -0.2) is 9.38 Å². The van der Waals surface area contributed by atoms with E-state index < -0.39 is 11.1 Å². The van der Waals surface area contributed by atoms with Crippen LogP contribution in [0.4, 0.5) is 15.8 Å². The van der Waals surface area contributed by atoms with Crippen LogP contribution in [-0.2, 0) is 9.59 Å². The lowest BCUT2D eigenvalue weighted by Crippen LogP contribution is -2.33. The third-order valence-electron chi connectivity index (χ3n) is 4.19. The quantitative estimate of drug-likeness (QED) is 0.736. The first-order chi connectivity index (χ1) is 14.0. The molecule has 152 valence electrons. The van der Waals surface area contributed by atoms with E-state index in [1.54, 1.807) is 36.4 Å². The van der Waals surface area contributed by atoms with Gasteiger partial charge >= 0.3 is 0 Å². The molecule has 2 aromatic carbocycles. The van der Waals surface area contributed by atoms with E-state index in [-0.39, 0.29) is 18.2 Å². The second-order valence-electron chi connectivity index (χ2n) is 6.27. The van der Waals surface area contributed by atoms with Crippen LogP contribution >= 0.6 is 11.8 Å². The van der Waals surface area contributed by atoms with Gasteiger partial charge in [-0.05, 0) is 56.3 Å². The van der Waals surface area contributed by atoms with E-state index in [0.717, 1.165) is 5.75 Å². The maximum atomic E-state index is 13.4. The third kappa shape index (κ3) is 5.35. The molecule has 1 atom stereocenters. The van der Waals surface area contributed by atoms with E-state index >= 15 is 0 Å². The Bertz CT molecular complexity index is 918. The summed E-state index contributed by atoms with van der Waals surface area (Å²) in [6.45, 7) is 4.73. The number of benzene rings is 2. The van der Waals surface area contributed by atoms with E-state index in [4.69, 9.17) is 4.74 Å². The van der Waals surface area contributed by atoms with E-state index in [1.165, 1.54) is 28.8 Å². The highest BCUT2D eigenvalue weighted by atomic mass is 32.2. The van der Waals surface area contributed by atoms with Crippen molar-refractivity contribution >= 4 is 40.1 Å². The standard InChI is InChI=1S/C21H22FN3O3S/c1-3-25-20(27)18(29-21(25)24-16-7-5-6-14(22)12-16)13-19(26)23-15-8-10-17(11-9-15)28-4-2/h5-12,18H,3-4,13H2,1-2H3,(H,23,26). The highest BCUT2D eigenvalue weighted by molar-refractivity contribution is 8.15. The molecule has 3 rings (SSSR count). The molecule has 0 bridgehead atoms. The lowest BCUT2D eigenvalue weighted by atomic mass is 10.2. The van der Waals surface area contributed by atoms with Gasteiger partial charge in [-0.1, -0.05) is 17.8 Å². The predicted molar refractivity (Wildman–Crippen MR) is 113 cm³/mol. The fourth-order valence-corrected chi connectivity index (χ4v) is 4.08. The van der Waals surface area contributed by atoms with Crippen molar-refractivity contribution in [2.75, 3.05) is 18.5 Å². The van der Waals surface area contributed by atoms with Gasteiger partial charge in [0.25, 0.3) is 0 Å². The molecule has 1 aliphatic rings. The molecule has 29 heavy (non-hydrogen) atoms. The van der Waals surface area contributed by atoms with Crippen LogP contribution in [-0.4, -0.2) is 40.3 Å². The zero-order valence-corrected chi connectivity index (χ0v) is 17.0. The molecule has 1 unspecified atom stereocenters. The number of rotatable bonds is 7. The molecule has 0 radical (unpaired) electrons. The number of anilines is 1. The van der Waals surface area contributed by atoms with Crippen LogP contribution in [0.1, 0.15) is 20.3 Å². The van der Waals surface area contributed by atoms with Crippen LogP contribution in [0, 0.1) is 5.82 Å². The average Bonchev–Trinajstić information content (AvgIpc) is 2.97. The summed E-state index contributed by atoms with van der Waals surface area (Å²) in [5, 5.41) is 2.70. The molecule has 8 heteroatoms. The van der Waals surface area contributed by atoms with Crippen LogP contribution in [0.2, 0.25) is 0 Å². The van der Waals surface area contributed by atoms with Crippen LogP contribution in [0.25, 0.3) is 0 Å². The van der Waals surface area contributed by atoms with Crippen LogP contribution in [0.3, 0.4) is 0 Å². The first-order valence-corrected chi connectivity index (χ1v) is 10.2. The van der Waals surface area contributed by atoms with Gasteiger partial charge in [0.1, 0.15) is 16.8 Å². The summed E-state index contributed by atoms with van der Waals surface area (Å²) >= 11 is 1.22. The van der Waals surface area contributed by atoms with Crippen LogP contribution in [0.15, 0.2) is 53.5 Å². The van der Waals surface area contributed by atoms with Crippen molar-refractivity contribution in [2.24, 2.45) is 4.99 Å². The number of aliphatic imine (C=N–C) groups is 1. The average molecular weight is 415 g/mol. The largest absolute Gasteiger partial charge is 0.494 e. The summed E-state index contributed by atoms with van der Waals surface area (Å²) in [6, 6.07) is 12.9. The van der Waals surface area contributed by atoms with Gasteiger partial charge in [0.15, 0.2) is 5.17 Å². The summed E-state index contributed by atoms with van der Waals surface area (Å²) in [7, 11) is 0. The number of hydrogen-bond donors (Lipinski definition) is 1. The Morgan fingerprint density at radius 3 is 2.66 bits per heavy atom. The fourth-order valence-electron chi connectivity index (χ4n) is 2.85. The summed E-state index contributed by atoms with van der Waals surface area (Å²) in [5.41, 5.74) is 1.06. The second kappa shape index (κ2) is 9.56. The van der Waals surface area contributed by atoms with Crippen LogP contribution in [0.5, 0.6) is 5.75 Å². The Kier molecular flexibility index (Phi) is 6.87. The number of carbonyl (C=O) groups is 2. The number of nitrogens with one attached hydrogen (secondary N) is 1. The SMILES string of the molecule is CCOc1ccc(NC(=O)CC2SC(=Nc3cccc(F)c3)N(CC)C2=O)cc1. The highest BCUT2D eigenvalue weighted by Crippen LogP contribution is 2.31. The minimum absolute atomic E-state index is 0.0232. The zero-order valence-electron chi connectivity index (χ0n) is 16.2. The Morgan fingerprint density at radius 2 is 2.00 bits per heavy atom. The molecular formula is C21H22FN3O3S. The number of nitrogens with zero attached hydrogens (tertiary/aromatic N) is 2. The predicted octanol–water partition coefficient (Wildman–Crippen LogP) is 4.20. The Labute approximate surface area is 173 Å².